The van der Waals surface area contributed by atoms with Crippen molar-refractivity contribution < 1.29 is 17.6 Å². The van der Waals surface area contributed by atoms with Gasteiger partial charge in [0.1, 0.15) is 23.3 Å². The second kappa shape index (κ2) is 6.48. The third-order valence-corrected chi connectivity index (χ3v) is 4.00. The van der Waals surface area contributed by atoms with Gasteiger partial charge in [-0.1, -0.05) is 18.2 Å². The van der Waals surface area contributed by atoms with Gasteiger partial charge in [0.15, 0.2) is 5.75 Å². The summed E-state index contributed by atoms with van der Waals surface area (Å²) in [5.74, 6) is 0.706. The fourth-order valence-electron chi connectivity index (χ4n) is 2.31. The molecule has 0 bridgehead atoms. The number of nitrogens with one attached hydrogen (secondary N) is 2. The smallest absolute Gasteiger partial charge is 0.229 e. The molecule has 0 aliphatic heterocycles. The van der Waals surface area contributed by atoms with E-state index in [1.807, 2.05) is 6.07 Å². The third kappa shape index (κ3) is 3.74. The normalized spacial score (nSPS) is 11.3. The maximum Gasteiger partial charge on any atom is 0.229 e. The van der Waals surface area contributed by atoms with Crippen molar-refractivity contribution in [1.82, 2.24) is 0 Å². The Morgan fingerprint density at radius 3 is 2.44 bits per heavy atom. The number of benzene rings is 2. The number of rotatable bonds is 5. The minimum atomic E-state index is -3.55. The minimum absolute atomic E-state index is 0.180. The molecule has 0 saturated carbocycles. The Bertz CT molecular complexity index is 1080. The number of anilines is 2. The van der Waals surface area contributed by atoms with E-state index in [0.29, 0.717) is 11.4 Å². The summed E-state index contributed by atoms with van der Waals surface area (Å²) in [5.41, 5.74) is 0.448. The van der Waals surface area contributed by atoms with E-state index < -0.39 is 10.0 Å². The Morgan fingerprint density at radius 1 is 1.08 bits per heavy atom. The van der Waals surface area contributed by atoms with Crippen LogP contribution >= 0.6 is 0 Å². The van der Waals surface area contributed by atoms with Gasteiger partial charge in [0, 0.05) is 13.1 Å². The lowest BCUT2D eigenvalue weighted by atomic mass is 10.2. The SMILES string of the molecule is CNc1coc2cc(NS(C)(=O)=O)c(Oc3ccccc3)cc2c1=O. The van der Waals surface area contributed by atoms with Crippen LogP contribution < -0.4 is 20.2 Å². The van der Waals surface area contributed by atoms with Crippen molar-refractivity contribution in [3.05, 3.63) is 59.0 Å². The first kappa shape index (κ1) is 16.8. The molecule has 0 unspecified atom stereocenters. The van der Waals surface area contributed by atoms with Crippen molar-refractivity contribution in [2.45, 2.75) is 0 Å². The summed E-state index contributed by atoms with van der Waals surface area (Å²) < 4.78 is 36.8. The Hall–Kier alpha value is -3.00. The van der Waals surface area contributed by atoms with Crippen LogP contribution in [0.15, 0.2) is 57.9 Å². The molecule has 8 heteroatoms. The summed E-state index contributed by atoms with van der Waals surface area (Å²) in [6.07, 6.45) is 2.32. The number of fused-ring (bicyclic) bond motifs is 1. The van der Waals surface area contributed by atoms with Gasteiger partial charge in [-0.25, -0.2) is 8.42 Å². The largest absolute Gasteiger partial charge is 0.462 e. The minimum Gasteiger partial charge on any atom is -0.462 e. The zero-order chi connectivity index (χ0) is 18.0. The van der Waals surface area contributed by atoms with E-state index in [1.54, 1.807) is 31.3 Å². The predicted molar refractivity (Wildman–Crippen MR) is 97.0 cm³/mol. The molecule has 0 spiro atoms. The molecule has 2 N–H and O–H groups in total. The lowest BCUT2D eigenvalue weighted by Crippen LogP contribution is -2.12. The van der Waals surface area contributed by atoms with E-state index in [-0.39, 0.29) is 27.8 Å². The molecule has 0 fully saturated rings. The maximum absolute atomic E-state index is 12.4. The first-order valence-electron chi connectivity index (χ1n) is 7.35. The number of hydrogen-bond acceptors (Lipinski definition) is 6. The molecule has 7 nitrogen and oxygen atoms in total. The van der Waals surface area contributed by atoms with E-state index in [0.717, 1.165) is 6.26 Å². The van der Waals surface area contributed by atoms with Crippen molar-refractivity contribution >= 4 is 32.4 Å². The Kier molecular flexibility index (Phi) is 4.37. The average Bonchev–Trinajstić information content (AvgIpc) is 2.56. The van der Waals surface area contributed by atoms with Gasteiger partial charge in [0.25, 0.3) is 0 Å². The highest BCUT2D eigenvalue weighted by Gasteiger charge is 2.15. The fourth-order valence-corrected chi connectivity index (χ4v) is 2.87. The molecule has 130 valence electrons. The second-order valence-corrected chi connectivity index (χ2v) is 7.11. The number of hydrogen-bond donors (Lipinski definition) is 2. The van der Waals surface area contributed by atoms with Crippen molar-refractivity contribution in [2.75, 3.05) is 23.3 Å². The van der Waals surface area contributed by atoms with Gasteiger partial charge >= 0.3 is 0 Å². The molecule has 0 radical (unpaired) electrons. The van der Waals surface area contributed by atoms with Crippen molar-refractivity contribution in [3.8, 4) is 11.5 Å². The van der Waals surface area contributed by atoms with Gasteiger partial charge < -0.3 is 14.5 Å². The topological polar surface area (TPSA) is 97.6 Å². The first-order chi connectivity index (χ1) is 11.9. The lowest BCUT2D eigenvalue weighted by molar-refractivity contribution is 0.485. The molecular weight excluding hydrogens is 344 g/mol. The van der Waals surface area contributed by atoms with Crippen LogP contribution in [-0.2, 0) is 10.0 Å². The summed E-state index contributed by atoms with van der Waals surface area (Å²) in [6, 6.07) is 11.7. The zero-order valence-corrected chi connectivity index (χ0v) is 14.4. The molecule has 0 atom stereocenters. The molecule has 1 heterocycles. The van der Waals surface area contributed by atoms with Crippen LogP contribution in [0.1, 0.15) is 0 Å². The van der Waals surface area contributed by atoms with Crippen molar-refractivity contribution in [3.63, 3.8) is 0 Å². The van der Waals surface area contributed by atoms with Crippen LogP contribution in [0.2, 0.25) is 0 Å². The highest BCUT2D eigenvalue weighted by Crippen LogP contribution is 2.34. The summed E-state index contributed by atoms with van der Waals surface area (Å²) >= 11 is 0. The number of sulfonamides is 1. The molecule has 0 amide bonds. The Morgan fingerprint density at radius 2 is 1.80 bits per heavy atom. The van der Waals surface area contributed by atoms with Gasteiger partial charge in [-0.3, -0.25) is 9.52 Å². The molecule has 0 aliphatic carbocycles. The summed E-state index contributed by atoms with van der Waals surface area (Å²) in [7, 11) is -1.94. The molecule has 0 aliphatic rings. The summed E-state index contributed by atoms with van der Waals surface area (Å²) in [4.78, 5) is 12.4. The van der Waals surface area contributed by atoms with Crippen molar-refractivity contribution in [2.24, 2.45) is 0 Å². The quantitative estimate of drug-likeness (QED) is 0.726. The first-order valence-corrected chi connectivity index (χ1v) is 9.24. The Balaban J connectivity index is 2.20. The molecular formula is C17H16N2O5S. The number of para-hydroxylation sites is 1. The second-order valence-electron chi connectivity index (χ2n) is 5.36. The molecule has 3 aromatic rings. The van der Waals surface area contributed by atoms with Gasteiger partial charge in [0.2, 0.25) is 15.5 Å². The van der Waals surface area contributed by atoms with Crippen LogP contribution in [0.25, 0.3) is 11.0 Å². The maximum atomic E-state index is 12.4. The lowest BCUT2D eigenvalue weighted by Gasteiger charge is -2.13. The fraction of sp³-hybridized carbons (Fsp3) is 0.118. The van der Waals surface area contributed by atoms with Gasteiger partial charge in [-0.2, -0.15) is 0 Å². The van der Waals surface area contributed by atoms with Crippen molar-refractivity contribution in [1.29, 1.82) is 0 Å². The van der Waals surface area contributed by atoms with E-state index in [2.05, 4.69) is 10.0 Å². The van der Waals surface area contributed by atoms with E-state index >= 15 is 0 Å². The third-order valence-electron chi connectivity index (χ3n) is 3.41. The van der Waals surface area contributed by atoms with Crippen LogP contribution in [-0.4, -0.2) is 21.7 Å². The summed E-state index contributed by atoms with van der Waals surface area (Å²) in [6.45, 7) is 0. The molecule has 0 saturated heterocycles. The summed E-state index contributed by atoms with van der Waals surface area (Å²) in [5, 5.41) is 3.03. The highest BCUT2D eigenvalue weighted by molar-refractivity contribution is 7.92. The molecule has 2 aromatic carbocycles. The zero-order valence-electron chi connectivity index (χ0n) is 13.6. The molecule has 25 heavy (non-hydrogen) atoms. The average molecular weight is 360 g/mol. The Labute approximate surface area is 144 Å². The van der Waals surface area contributed by atoms with Gasteiger partial charge in [-0.05, 0) is 18.2 Å². The van der Waals surface area contributed by atoms with E-state index in [9.17, 15) is 13.2 Å². The molecule has 1 aromatic heterocycles. The van der Waals surface area contributed by atoms with E-state index in [4.69, 9.17) is 9.15 Å². The predicted octanol–water partition coefficient (Wildman–Crippen LogP) is 3.00. The van der Waals surface area contributed by atoms with E-state index in [1.165, 1.54) is 18.4 Å². The van der Waals surface area contributed by atoms with Crippen LogP contribution in [0, 0.1) is 0 Å². The monoisotopic (exact) mass is 360 g/mol. The van der Waals surface area contributed by atoms with Gasteiger partial charge in [-0.15, -0.1) is 0 Å². The van der Waals surface area contributed by atoms with Crippen LogP contribution in [0.5, 0.6) is 11.5 Å². The van der Waals surface area contributed by atoms with Crippen LogP contribution in [0.4, 0.5) is 11.4 Å². The number of ether oxygens (including phenoxy) is 1. The standard InChI is InChI=1S/C17H16N2O5S/c1-18-14-10-23-15-9-13(19-25(2,21)22)16(8-12(15)17(14)20)24-11-6-4-3-5-7-11/h3-10,18-19H,1-2H3. The highest BCUT2D eigenvalue weighted by atomic mass is 32.2. The van der Waals surface area contributed by atoms with Gasteiger partial charge in [0.05, 0.1) is 17.3 Å². The molecule has 3 rings (SSSR count). The van der Waals surface area contributed by atoms with Crippen LogP contribution in [0.3, 0.4) is 0 Å².